The molecule has 5 heteroatoms. The molecule has 2 aromatic rings. The maximum absolute atomic E-state index is 12.2. The maximum Gasteiger partial charge on any atom is 0.246 e. The van der Waals surface area contributed by atoms with Crippen LogP contribution in [0.3, 0.4) is 0 Å². The second kappa shape index (κ2) is 7.71. The molecule has 2 rings (SSSR count). The zero-order valence-electron chi connectivity index (χ0n) is 12.5. The predicted octanol–water partition coefficient (Wildman–Crippen LogP) is 4.01. The molecule has 1 amide bonds. The Hall–Kier alpha value is -2.20. The van der Waals surface area contributed by atoms with Crippen molar-refractivity contribution in [3.05, 3.63) is 54.1 Å². The summed E-state index contributed by atoms with van der Waals surface area (Å²) in [5.41, 5.74) is 1.36. The van der Waals surface area contributed by atoms with E-state index in [-0.39, 0.29) is 5.91 Å². The van der Waals surface area contributed by atoms with Gasteiger partial charge >= 0.3 is 0 Å². The fraction of sp³-hybridized carbons (Fsp3) is 0.235. The lowest BCUT2D eigenvalue weighted by molar-refractivity contribution is -0.116. The molecule has 1 atom stereocenters. The van der Waals surface area contributed by atoms with Gasteiger partial charge in [0, 0.05) is 11.8 Å². The van der Waals surface area contributed by atoms with Gasteiger partial charge in [0.25, 0.3) is 0 Å². The molecule has 2 aromatic carbocycles. The van der Waals surface area contributed by atoms with E-state index < -0.39 is 5.38 Å². The number of hydrogen-bond acceptors (Lipinski definition) is 3. The van der Waals surface area contributed by atoms with Crippen LogP contribution in [0.1, 0.15) is 17.9 Å². The second-order valence-electron chi connectivity index (χ2n) is 4.59. The molecule has 22 heavy (non-hydrogen) atoms. The Morgan fingerprint density at radius 3 is 2.55 bits per heavy atom. The van der Waals surface area contributed by atoms with Gasteiger partial charge in [0.05, 0.1) is 13.7 Å². The Kier molecular flexibility index (Phi) is 5.67. The van der Waals surface area contributed by atoms with Gasteiger partial charge in [-0.2, -0.15) is 0 Å². The number of benzene rings is 2. The smallest absolute Gasteiger partial charge is 0.246 e. The van der Waals surface area contributed by atoms with Gasteiger partial charge in [0.15, 0.2) is 0 Å². The third-order valence-electron chi connectivity index (χ3n) is 3.05. The van der Waals surface area contributed by atoms with Crippen molar-refractivity contribution >= 4 is 23.2 Å². The first-order valence-electron chi connectivity index (χ1n) is 6.95. The highest BCUT2D eigenvalue weighted by Crippen LogP contribution is 2.25. The Labute approximate surface area is 135 Å². The zero-order valence-corrected chi connectivity index (χ0v) is 13.3. The molecule has 116 valence electrons. The Morgan fingerprint density at radius 2 is 1.91 bits per heavy atom. The van der Waals surface area contributed by atoms with E-state index >= 15 is 0 Å². The third kappa shape index (κ3) is 4.15. The molecule has 0 aliphatic rings. The summed E-state index contributed by atoms with van der Waals surface area (Å²) in [7, 11) is 1.59. The lowest BCUT2D eigenvalue weighted by atomic mass is 10.1. The van der Waals surface area contributed by atoms with Crippen molar-refractivity contribution < 1.29 is 14.3 Å². The molecule has 0 saturated heterocycles. The van der Waals surface area contributed by atoms with Crippen LogP contribution in [0.2, 0.25) is 0 Å². The van der Waals surface area contributed by atoms with Gasteiger partial charge in [-0.05, 0) is 36.8 Å². The standard InChI is InChI=1S/C17H18ClNO3/c1-3-22-15-6-4-5-13(11-15)19-17(20)16(18)12-7-9-14(21-2)10-8-12/h4-11,16H,3H2,1-2H3,(H,19,20). The normalized spacial score (nSPS) is 11.6. The third-order valence-corrected chi connectivity index (χ3v) is 3.50. The number of halogens is 1. The van der Waals surface area contributed by atoms with E-state index in [0.717, 1.165) is 5.75 Å². The Morgan fingerprint density at radius 1 is 1.18 bits per heavy atom. The minimum Gasteiger partial charge on any atom is -0.497 e. The van der Waals surface area contributed by atoms with Gasteiger partial charge in [-0.3, -0.25) is 4.79 Å². The highest BCUT2D eigenvalue weighted by molar-refractivity contribution is 6.32. The summed E-state index contributed by atoms with van der Waals surface area (Å²) < 4.78 is 10.5. The molecule has 0 aliphatic heterocycles. The van der Waals surface area contributed by atoms with E-state index in [0.29, 0.717) is 23.6 Å². The molecule has 0 spiro atoms. The molecule has 0 saturated carbocycles. The first kappa shape index (κ1) is 16.2. The van der Waals surface area contributed by atoms with Crippen molar-refractivity contribution in [2.24, 2.45) is 0 Å². The fourth-order valence-electron chi connectivity index (χ4n) is 1.96. The summed E-state index contributed by atoms with van der Waals surface area (Å²) in [6, 6.07) is 14.3. The molecule has 0 aromatic heterocycles. The summed E-state index contributed by atoms with van der Waals surface area (Å²) in [4.78, 5) is 12.2. The van der Waals surface area contributed by atoms with Crippen molar-refractivity contribution in [3.63, 3.8) is 0 Å². The summed E-state index contributed by atoms with van der Waals surface area (Å²) in [5, 5.41) is 2.01. The van der Waals surface area contributed by atoms with Crippen molar-refractivity contribution in [1.29, 1.82) is 0 Å². The van der Waals surface area contributed by atoms with Crippen LogP contribution in [-0.2, 0) is 4.79 Å². The lowest BCUT2D eigenvalue weighted by Crippen LogP contribution is -2.17. The monoisotopic (exact) mass is 319 g/mol. The van der Waals surface area contributed by atoms with Crippen LogP contribution in [0.15, 0.2) is 48.5 Å². The van der Waals surface area contributed by atoms with Gasteiger partial charge in [-0.1, -0.05) is 18.2 Å². The molecule has 0 bridgehead atoms. The molecule has 0 radical (unpaired) electrons. The number of alkyl halides is 1. The molecule has 0 aliphatic carbocycles. The summed E-state index contributed by atoms with van der Waals surface area (Å²) in [6.07, 6.45) is 0. The number of nitrogens with one attached hydrogen (secondary N) is 1. The number of ether oxygens (including phenoxy) is 2. The number of amides is 1. The quantitative estimate of drug-likeness (QED) is 0.818. The van der Waals surface area contributed by atoms with E-state index in [4.69, 9.17) is 21.1 Å². The van der Waals surface area contributed by atoms with Crippen LogP contribution in [0.5, 0.6) is 11.5 Å². The molecular formula is C17H18ClNO3. The van der Waals surface area contributed by atoms with Crippen LogP contribution in [0, 0.1) is 0 Å². The van der Waals surface area contributed by atoms with Crippen molar-refractivity contribution in [3.8, 4) is 11.5 Å². The summed E-state index contributed by atoms with van der Waals surface area (Å²) in [5.74, 6) is 1.13. The number of rotatable bonds is 6. The average molecular weight is 320 g/mol. The maximum atomic E-state index is 12.2. The van der Waals surface area contributed by atoms with E-state index in [1.54, 1.807) is 43.5 Å². The molecular weight excluding hydrogens is 302 g/mol. The zero-order chi connectivity index (χ0) is 15.9. The summed E-state index contributed by atoms with van der Waals surface area (Å²) >= 11 is 6.22. The fourth-order valence-corrected chi connectivity index (χ4v) is 2.16. The van der Waals surface area contributed by atoms with Gasteiger partial charge in [0.1, 0.15) is 16.9 Å². The second-order valence-corrected chi connectivity index (χ2v) is 5.02. The Balaban J connectivity index is 2.05. The van der Waals surface area contributed by atoms with Crippen LogP contribution < -0.4 is 14.8 Å². The molecule has 0 fully saturated rings. The first-order valence-corrected chi connectivity index (χ1v) is 7.39. The van der Waals surface area contributed by atoms with E-state index in [9.17, 15) is 4.79 Å². The summed E-state index contributed by atoms with van der Waals surface area (Å²) in [6.45, 7) is 2.48. The van der Waals surface area contributed by atoms with Crippen molar-refractivity contribution in [2.45, 2.75) is 12.3 Å². The predicted molar refractivity (Wildman–Crippen MR) is 87.8 cm³/mol. The number of anilines is 1. The van der Waals surface area contributed by atoms with Crippen LogP contribution in [0.4, 0.5) is 5.69 Å². The SMILES string of the molecule is CCOc1cccc(NC(=O)C(Cl)c2ccc(OC)cc2)c1. The number of carbonyl (C=O) groups excluding carboxylic acids is 1. The highest BCUT2D eigenvalue weighted by Gasteiger charge is 2.18. The van der Waals surface area contributed by atoms with E-state index in [2.05, 4.69) is 5.32 Å². The van der Waals surface area contributed by atoms with Crippen LogP contribution in [0.25, 0.3) is 0 Å². The van der Waals surface area contributed by atoms with Crippen molar-refractivity contribution in [1.82, 2.24) is 0 Å². The van der Waals surface area contributed by atoms with Gasteiger partial charge < -0.3 is 14.8 Å². The Bertz CT molecular complexity index is 628. The number of hydrogen-bond donors (Lipinski definition) is 1. The van der Waals surface area contributed by atoms with E-state index in [1.807, 2.05) is 19.1 Å². The lowest BCUT2D eigenvalue weighted by Gasteiger charge is -2.12. The molecule has 1 unspecified atom stereocenters. The van der Waals surface area contributed by atoms with Gasteiger partial charge in [-0.25, -0.2) is 0 Å². The molecule has 0 heterocycles. The molecule has 1 N–H and O–H groups in total. The van der Waals surface area contributed by atoms with Crippen LogP contribution >= 0.6 is 11.6 Å². The van der Waals surface area contributed by atoms with Crippen LogP contribution in [-0.4, -0.2) is 19.6 Å². The topological polar surface area (TPSA) is 47.6 Å². The number of carbonyl (C=O) groups is 1. The minimum absolute atomic E-state index is 0.291. The van der Waals surface area contributed by atoms with Crippen molar-refractivity contribution in [2.75, 3.05) is 19.0 Å². The van der Waals surface area contributed by atoms with Gasteiger partial charge in [-0.15, -0.1) is 11.6 Å². The van der Waals surface area contributed by atoms with E-state index in [1.165, 1.54) is 0 Å². The largest absolute Gasteiger partial charge is 0.497 e. The molecule has 4 nitrogen and oxygen atoms in total. The highest BCUT2D eigenvalue weighted by atomic mass is 35.5. The van der Waals surface area contributed by atoms with Gasteiger partial charge in [0.2, 0.25) is 5.91 Å². The minimum atomic E-state index is -0.776. The first-order chi connectivity index (χ1) is 10.6. The number of methoxy groups -OCH3 is 1. The average Bonchev–Trinajstić information content (AvgIpc) is 2.55.